The van der Waals surface area contributed by atoms with Gasteiger partial charge in [0.1, 0.15) is 11.4 Å². The van der Waals surface area contributed by atoms with Gasteiger partial charge in [0.2, 0.25) is 0 Å². The number of rotatable bonds is 2. The number of nitrogens with two attached hydrogens (primary N) is 1. The molecule has 0 aromatic carbocycles. The van der Waals surface area contributed by atoms with Crippen LogP contribution in [0.3, 0.4) is 0 Å². The highest BCUT2D eigenvalue weighted by molar-refractivity contribution is 7.18. The maximum atomic E-state index is 12.5. The Morgan fingerprint density at radius 2 is 1.81 bits per heavy atom. The zero-order valence-corrected chi connectivity index (χ0v) is 11.2. The van der Waals surface area contributed by atoms with Crippen LogP contribution in [-0.2, 0) is 6.18 Å². The second-order valence-electron chi connectivity index (χ2n) is 4.15. The summed E-state index contributed by atoms with van der Waals surface area (Å²) < 4.78 is 37.4. The Morgan fingerprint density at radius 3 is 2.38 bits per heavy atom. The largest absolute Gasteiger partial charge is 0.433 e. The molecule has 0 unspecified atom stereocenters. The van der Waals surface area contributed by atoms with Crippen molar-refractivity contribution in [2.24, 2.45) is 0 Å². The highest BCUT2D eigenvalue weighted by Crippen LogP contribution is 2.35. The Kier molecular flexibility index (Phi) is 3.13. The van der Waals surface area contributed by atoms with Crippen molar-refractivity contribution in [3.8, 4) is 21.0 Å². The Labute approximate surface area is 120 Å². The molecule has 0 aliphatic rings. The second-order valence-corrected chi connectivity index (χ2v) is 5.24. The van der Waals surface area contributed by atoms with Gasteiger partial charge in [-0.05, 0) is 24.3 Å². The van der Waals surface area contributed by atoms with Gasteiger partial charge in [-0.2, -0.15) is 23.5 Å². The number of halogens is 3. The predicted molar refractivity (Wildman–Crippen MR) is 72.3 cm³/mol. The number of nitrogens with one attached hydrogen (secondary N) is 1. The molecular weight excluding hydrogens is 303 g/mol. The SMILES string of the molecule is Nc1n[nH]nc1-c1ccc(-c2ccc(C(F)(F)F)nc2)s1. The molecule has 3 heterocycles. The molecule has 3 rings (SSSR count). The summed E-state index contributed by atoms with van der Waals surface area (Å²) in [7, 11) is 0. The van der Waals surface area contributed by atoms with Crippen LogP contribution in [0.1, 0.15) is 5.69 Å². The van der Waals surface area contributed by atoms with E-state index in [0.29, 0.717) is 11.3 Å². The number of hydrogen-bond donors (Lipinski definition) is 2. The van der Waals surface area contributed by atoms with E-state index in [1.54, 1.807) is 12.1 Å². The third kappa shape index (κ3) is 2.59. The molecule has 0 bridgehead atoms. The fraction of sp³-hybridized carbons (Fsp3) is 0.0833. The van der Waals surface area contributed by atoms with Gasteiger partial charge >= 0.3 is 6.18 Å². The van der Waals surface area contributed by atoms with Crippen LogP contribution < -0.4 is 5.73 Å². The topological polar surface area (TPSA) is 80.5 Å². The molecule has 0 atom stereocenters. The lowest BCUT2D eigenvalue weighted by atomic mass is 10.2. The molecular formula is C12H8F3N5S. The smallest absolute Gasteiger partial charge is 0.380 e. The summed E-state index contributed by atoms with van der Waals surface area (Å²) in [5.74, 6) is 0.272. The van der Waals surface area contributed by atoms with Crippen molar-refractivity contribution in [1.29, 1.82) is 0 Å². The normalized spacial score (nSPS) is 11.8. The van der Waals surface area contributed by atoms with E-state index in [1.165, 1.54) is 23.6 Å². The van der Waals surface area contributed by atoms with Gasteiger partial charge in [0.25, 0.3) is 0 Å². The van der Waals surface area contributed by atoms with E-state index >= 15 is 0 Å². The van der Waals surface area contributed by atoms with Crippen LogP contribution in [0.15, 0.2) is 30.5 Å². The minimum atomic E-state index is -4.44. The second kappa shape index (κ2) is 4.85. The van der Waals surface area contributed by atoms with Crippen LogP contribution in [0.2, 0.25) is 0 Å². The number of hydrogen-bond acceptors (Lipinski definition) is 5. The lowest BCUT2D eigenvalue weighted by Crippen LogP contribution is -2.07. The van der Waals surface area contributed by atoms with Crippen molar-refractivity contribution in [3.63, 3.8) is 0 Å². The molecule has 9 heteroatoms. The number of aromatic amines is 1. The first-order valence-electron chi connectivity index (χ1n) is 5.75. The molecule has 3 aromatic heterocycles. The number of nitrogens with zero attached hydrogens (tertiary/aromatic N) is 3. The highest BCUT2D eigenvalue weighted by atomic mass is 32.1. The third-order valence-electron chi connectivity index (χ3n) is 2.75. The van der Waals surface area contributed by atoms with E-state index < -0.39 is 11.9 Å². The van der Waals surface area contributed by atoms with Crippen LogP contribution in [-0.4, -0.2) is 20.4 Å². The molecule has 0 fully saturated rings. The molecule has 108 valence electrons. The molecule has 0 aliphatic heterocycles. The summed E-state index contributed by atoms with van der Waals surface area (Å²) in [6, 6.07) is 5.90. The van der Waals surface area contributed by atoms with Gasteiger partial charge in [0.15, 0.2) is 5.82 Å². The third-order valence-corrected chi connectivity index (χ3v) is 3.89. The fourth-order valence-corrected chi connectivity index (χ4v) is 2.74. The van der Waals surface area contributed by atoms with E-state index in [-0.39, 0.29) is 5.82 Å². The molecule has 3 aromatic rings. The first-order valence-corrected chi connectivity index (χ1v) is 6.57. The monoisotopic (exact) mass is 311 g/mol. The van der Waals surface area contributed by atoms with Crippen LogP contribution in [0, 0.1) is 0 Å². The van der Waals surface area contributed by atoms with Crippen molar-refractivity contribution >= 4 is 17.2 Å². The molecule has 0 saturated heterocycles. The van der Waals surface area contributed by atoms with Crippen LogP contribution in [0.4, 0.5) is 19.0 Å². The summed E-state index contributed by atoms with van der Waals surface area (Å²) in [4.78, 5) is 4.98. The van der Waals surface area contributed by atoms with E-state index in [9.17, 15) is 13.2 Å². The quantitative estimate of drug-likeness (QED) is 0.761. The van der Waals surface area contributed by atoms with Crippen molar-refractivity contribution in [2.45, 2.75) is 6.18 Å². The molecule has 5 nitrogen and oxygen atoms in total. The number of anilines is 1. The standard InChI is InChI=1S/C12H8F3N5S/c13-12(14,15)9-4-1-6(5-17-9)7-2-3-8(21-7)10-11(16)19-20-18-10/h1-5H,(H3,16,18,19,20). The number of H-pyrrole nitrogens is 1. The Bertz CT molecular complexity index is 760. The first-order chi connectivity index (χ1) is 9.95. The van der Waals surface area contributed by atoms with Gasteiger partial charge in [-0.3, -0.25) is 4.98 Å². The Balaban J connectivity index is 1.92. The van der Waals surface area contributed by atoms with Crippen LogP contribution in [0.5, 0.6) is 0 Å². The summed E-state index contributed by atoms with van der Waals surface area (Å²) >= 11 is 1.35. The maximum Gasteiger partial charge on any atom is 0.433 e. The van der Waals surface area contributed by atoms with E-state index in [0.717, 1.165) is 15.8 Å². The number of nitrogen functional groups attached to an aromatic ring is 1. The molecule has 0 radical (unpaired) electrons. The number of pyridine rings is 1. The van der Waals surface area contributed by atoms with Gasteiger partial charge in [-0.1, -0.05) is 0 Å². The van der Waals surface area contributed by atoms with Crippen molar-refractivity contribution in [3.05, 3.63) is 36.2 Å². The molecule has 0 amide bonds. The van der Waals surface area contributed by atoms with E-state index in [4.69, 9.17) is 5.73 Å². The molecule has 21 heavy (non-hydrogen) atoms. The van der Waals surface area contributed by atoms with E-state index in [2.05, 4.69) is 20.4 Å². The molecule has 0 aliphatic carbocycles. The predicted octanol–water partition coefficient (Wildman–Crippen LogP) is 3.20. The Morgan fingerprint density at radius 1 is 1.05 bits per heavy atom. The zero-order chi connectivity index (χ0) is 15.0. The van der Waals surface area contributed by atoms with Crippen LogP contribution in [0.25, 0.3) is 21.0 Å². The maximum absolute atomic E-state index is 12.5. The van der Waals surface area contributed by atoms with E-state index in [1.807, 2.05) is 0 Å². The van der Waals surface area contributed by atoms with Gasteiger partial charge in [0, 0.05) is 16.6 Å². The van der Waals surface area contributed by atoms with Crippen molar-refractivity contribution in [1.82, 2.24) is 20.4 Å². The van der Waals surface area contributed by atoms with Gasteiger partial charge in [-0.25, -0.2) is 0 Å². The lowest BCUT2D eigenvalue weighted by Gasteiger charge is -2.05. The lowest BCUT2D eigenvalue weighted by molar-refractivity contribution is -0.141. The Hall–Kier alpha value is -2.42. The number of alkyl halides is 3. The minimum absolute atomic E-state index is 0.272. The van der Waals surface area contributed by atoms with Crippen LogP contribution >= 0.6 is 11.3 Å². The zero-order valence-electron chi connectivity index (χ0n) is 10.3. The van der Waals surface area contributed by atoms with Gasteiger partial charge < -0.3 is 5.73 Å². The average molecular weight is 311 g/mol. The van der Waals surface area contributed by atoms with Crippen molar-refractivity contribution in [2.75, 3.05) is 5.73 Å². The summed E-state index contributed by atoms with van der Waals surface area (Å²) in [6.45, 7) is 0. The molecule has 0 spiro atoms. The highest BCUT2D eigenvalue weighted by Gasteiger charge is 2.32. The van der Waals surface area contributed by atoms with Gasteiger partial charge in [0.05, 0.1) is 4.88 Å². The number of aromatic nitrogens is 4. The summed E-state index contributed by atoms with van der Waals surface area (Å²) in [6.07, 6.45) is -3.24. The molecule has 3 N–H and O–H groups in total. The van der Waals surface area contributed by atoms with Crippen molar-refractivity contribution < 1.29 is 13.2 Å². The number of thiophene rings is 1. The van der Waals surface area contributed by atoms with Gasteiger partial charge in [-0.15, -0.1) is 16.4 Å². The minimum Gasteiger partial charge on any atom is -0.380 e. The molecule has 0 saturated carbocycles. The summed E-state index contributed by atoms with van der Waals surface area (Å²) in [5, 5.41) is 10.1. The first kappa shape index (κ1) is 13.6. The fourth-order valence-electron chi connectivity index (χ4n) is 1.75. The average Bonchev–Trinajstić information content (AvgIpc) is 3.06. The summed E-state index contributed by atoms with van der Waals surface area (Å²) in [5.41, 5.74) is 5.86.